The molecule has 1 aromatic heterocycles. The Labute approximate surface area is 149 Å². The molecule has 2 fully saturated rings. The molecule has 0 bridgehead atoms. The van der Waals surface area contributed by atoms with Crippen molar-refractivity contribution in [1.29, 1.82) is 0 Å². The summed E-state index contributed by atoms with van der Waals surface area (Å²) < 4.78 is 15.4. The third kappa shape index (κ3) is 3.05. The number of cyclic esters (lactones) is 1. The zero-order chi connectivity index (χ0) is 18.3. The number of hydrogen-bond donors (Lipinski definition) is 0. The van der Waals surface area contributed by atoms with Gasteiger partial charge in [-0.2, -0.15) is 0 Å². The minimum absolute atomic E-state index is 0.0578. The summed E-state index contributed by atoms with van der Waals surface area (Å²) in [6, 6.07) is 6.98. The fourth-order valence-electron chi connectivity index (χ4n) is 3.59. The molecule has 2 aromatic rings. The molecule has 1 amide bonds. The zero-order valence-corrected chi connectivity index (χ0v) is 14.4. The number of nitrogens with zero attached hydrogens (tertiary/aromatic N) is 1. The molecule has 26 heavy (non-hydrogen) atoms. The normalized spacial score (nSPS) is 18.8. The van der Waals surface area contributed by atoms with Crippen molar-refractivity contribution in [1.82, 2.24) is 4.90 Å². The second-order valence-electron chi connectivity index (χ2n) is 6.97. The number of ether oxygens (including phenoxy) is 2. The quantitative estimate of drug-likeness (QED) is 0.605. The SMILES string of the molecule is Cc1ccc2c(CC(=O)N3CCC4(CC3)COC(=O)O4)cc(=O)oc2c1. The van der Waals surface area contributed by atoms with Crippen LogP contribution in [-0.2, 0) is 20.7 Å². The van der Waals surface area contributed by atoms with Crippen molar-refractivity contribution in [3.05, 3.63) is 45.8 Å². The lowest BCUT2D eigenvalue weighted by Crippen LogP contribution is -2.48. The van der Waals surface area contributed by atoms with Gasteiger partial charge in [-0.25, -0.2) is 9.59 Å². The van der Waals surface area contributed by atoms with E-state index in [0.717, 1.165) is 10.9 Å². The largest absolute Gasteiger partial charge is 0.509 e. The number of carbonyl (C=O) groups is 2. The van der Waals surface area contributed by atoms with E-state index in [1.165, 1.54) is 6.07 Å². The van der Waals surface area contributed by atoms with Crippen molar-refractivity contribution in [3.63, 3.8) is 0 Å². The molecule has 2 aliphatic heterocycles. The highest BCUT2D eigenvalue weighted by Crippen LogP contribution is 2.32. The van der Waals surface area contributed by atoms with Gasteiger partial charge in [-0.1, -0.05) is 12.1 Å². The first-order chi connectivity index (χ1) is 12.4. The smallest absolute Gasteiger partial charge is 0.430 e. The van der Waals surface area contributed by atoms with Crippen molar-refractivity contribution in [3.8, 4) is 0 Å². The summed E-state index contributed by atoms with van der Waals surface area (Å²) in [6.07, 6.45) is 0.611. The summed E-state index contributed by atoms with van der Waals surface area (Å²) in [6.45, 7) is 3.15. The van der Waals surface area contributed by atoms with E-state index in [0.29, 0.717) is 37.1 Å². The molecule has 0 unspecified atom stereocenters. The van der Waals surface area contributed by atoms with E-state index in [1.54, 1.807) is 11.0 Å². The monoisotopic (exact) mass is 357 g/mol. The molecule has 1 spiro atoms. The first-order valence-corrected chi connectivity index (χ1v) is 8.61. The van der Waals surface area contributed by atoms with Gasteiger partial charge in [-0.3, -0.25) is 4.79 Å². The van der Waals surface area contributed by atoms with E-state index in [2.05, 4.69) is 0 Å². The van der Waals surface area contributed by atoms with Crippen LogP contribution in [0.2, 0.25) is 0 Å². The van der Waals surface area contributed by atoms with Crippen molar-refractivity contribution in [2.45, 2.75) is 31.8 Å². The molecule has 2 saturated heterocycles. The van der Waals surface area contributed by atoms with E-state index in [-0.39, 0.29) is 18.9 Å². The van der Waals surface area contributed by atoms with Crippen LogP contribution in [0.1, 0.15) is 24.0 Å². The Bertz CT molecular complexity index is 939. The first kappa shape index (κ1) is 16.6. The standard InChI is InChI=1S/C19H19NO6/c1-12-2-3-14-13(10-17(22)25-15(14)8-12)9-16(21)20-6-4-19(5-7-20)11-24-18(23)26-19/h2-3,8,10H,4-7,9,11H2,1H3. The maximum Gasteiger partial charge on any atom is 0.509 e. The number of piperidine rings is 1. The Hall–Kier alpha value is -2.83. The summed E-state index contributed by atoms with van der Waals surface area (Å²) in [7, 11) is 0. The van der Waals surface area contributed by atoms with Gasteiger partial charge >= 0.3 is 11.8 Å². The number of fused-ring (bicyclic) bond motifs is 1. The van der Waals surface area contributed by atoms with Crippen LogP contribution in [0.5, 0.6) is 0 Å². The summed E-state index contributed by atoms with van der Waals surface area (Å²) in [5.41, 5.74) is 1.09. The van der Waals surface area contributed by atoms with Gasteiger partial charge in [0.15, 0.2) is 5.60 Å². The summed E-state index contributed by atoms with van der Waals surface area (Å²) in [5.74, 6) is -0.0578. The highest BCUT2D eigenvalue weighted by atomic mass is 16.8. The predicted octanol–water partition coefficient (Wildman–Crippen LogP) is 2.17. The lowest BCUT2D eigenvalue weighted by molar-refractivity contribution is -0.133. The van der Waals surface area contributed by atoms with Crippen LogP contribution in [0.25, 0.3) is 11.0 Å². The van der Waals surface area contributed by atoms with E-state index in [9.17, 15) is 14.4 Å². The highest BCUT2D eigenvalue weighted by Gasteiger charge is 2.45. The van der Waals surface area contributed by atoms with Crippen LogP contribution in [0.3, 0.4) is 0 Å². The first-order valence-electron chi connectivity index (χ1n) is 8.61. The predicted molar refractivity (Wildman–Crippen MR) is 91.9 cm³/mol. The van der Waals surface area contributed by atoms with Gasteiger partial charge in [-0.15, -0.1) is 0 Å². The molecule has 2 aliphatic rings. The number of likely N-dealkylation sites (tertiary alicyclic amines) is 1. The highest BCUT2D eigenvalue weighted by molar-refractivity contribution is 5.87. The van der Waals surface area contributed by atoms with Crippen molar-refractivity contribution >= 4 is 23.0 Å². The van der Waals surface area contributed by atoms with Gasteiger partial charge in [0.2, 0.25) is 5.91 Å². The number of rotatable bonds is 2. The summed E-state index contributed by atoms with van der Waals surface area (Å²) >= 11 is 0. The Kier molecular flexibility index (Phi) is 3.94. The molecule has 4 rings (SSSR count). The van der Waals surface area contributed by atoms with Crippen LogP contribution < -0.4 is 5.63 Å². The van der Waals surface area contributed by atoms with Crippen LogP contribution in [0, 0.1) is 6.92 Å². The van der Waals surface area contributed by atoms with Gasteiger partial charge < -0.3 is 18.8 Å². The fourth-order valence-corrected chi connectivity index (χ4v) is 3.59. The third-order valence-corrected chi connectivity index (χ3v) is 5.11. The van der Waals surface area contributed by atoms with Crippen molar-refractivity contribution in [2.24, 2.45) is 0 Å². The van der Waals surface area contributed by atoms with Crippen LogP contribution in [0.4, 0.5) is 4.79 Å². The molecule has 1 aromatic carbocycles. The average Bonchev–Trinajstić information content (AvgIpc) is 2.95. The molecule has 7 heteroatoms. The maximum absolute atomic E-state index is 12.7. The molecule has 7 nitrogen and oxygen atoms in total. The molecule has 0 saturated carbocycles. The molecule has 0 radical (unpaired) electrons. The summed E-state index contributed by atoms with van der Waals surface area (Å²) in [4.78, 5) is 37.5. The number of aryl methyl sites for hydroxylation is 1. The second-order valence-corrected chi connectivity index (χ2v) is 6.97. The van der Waals surface area contributed by atoms with E-state index < -0.39 is 17.4 Å². The number of benzene rings is 1. The Morgan fingerprint density at radius 2 is 1.96 bits per heavy atom. The van der Waals surface area contributed by atoms with Crippen LogP contribution in [-0.4, -0.2) is 42.3 Å². The van der Waals surface area contributed by atoms with Gasteiger partial charge in [0, 0.05) is 37.4 Å². The molecule has 0 N–H and O–H groups in total. The topological polar surface area (TPSA) is 86.0 Å². The van der Waals surface area contributed by atoms with Gasteiger partial charge in [0.25, 0.3) is 0 Å². The summed E-state index contributed by atoms with van der Waals surface area (Å²) in [5, 5.41) is 0.773. The average molecular weight is 357 g/mol. The molecular formula is C19H19NO6. The Balaban J connectivity index is 1.50. The Morgan fingerprint density at radius 3 is 2.65 bits per heavy atom. The van der Waals surface area contributed by atoms with E-state index >= 15 is 0 Å². The minimum atomic E-state index is -0.637. The van der Waals surface area contributed by atoms with E-state index in [4.69, 9.17) is 13.9 Å². The molecule has 0 atom stereocenters. The van der Waals surface area contributed by atoms with E-state index in [1.807, 2.05) is 19.1 Å². The molecular weight excluding hydrogens is 338 g/mol. The number of amides is 1. The molecule has 3 heterocycles. The number of carbonyl (C=O) groups excluding carboxylic acids is 2. The molecule has 0 aliphatic carbocycles. The zero-order valence-electron chi connectivity index (χ0n) is 14.4. The second kappa shape index (κ2) is 6.16. The van der Waals surface area contributed by atoms with Gasteiger partial charge in [0.1, 0.15) is 12.2 Å². The van der Waals surface area contributed by atoms with Crippen molar-refractivity contribution in [2.75, 3.05) is 19.7 Å². The van der Waals surface area contributed by atoms with Gasteiger partial charge in [0.05, 0.1) is 6.42 Å². The lowest BCUT2D eigenvalue weighted by atomic mass is 9.92. The van der Waals surface area contributed by atoms with Crippen LogP contribution in [0.15, 0.2) is 33.5 Å². The fraction of sp³-hybridized carbons (Fsp3) is 0.421. The third-order valence-electron chi connectivity index (χ3n) is 5.11. The van der Waals surface area contributed by atoms with Gasteiger partial charge in [-0.05, 0) is 24.1 Å². The minimum Gasteiger partial charge on any atom is -0.430 e. The number of hydrogen-bond acceptors (Lipinski definition) is 6. The lowest BCUT2D eigenvalue weighted by Gasteiger charge is -2.36. The Morgan fingerprint density at radius 1 is 1.19 bits per heavy atom. The van der Waals surface area contributed by atoms with Crippen LogP contribution >= 0.6 is 0 Å². The maximum atomic E-state index is 12.7. The van der Waals surface area contributed by atoms with Crippen molar-refractivity contribution < 1.29 is 23.5 Å². The molecule has 136 valence electrons.